The molecule has 0 saturated carbocycles. The fourth-order valence-electron chi connectivity index (χ4n) is 0.335. The largest absolute Gasteiger partial charge is 0.399 e. The smallest absolute Gasteiger partial charge is 0.0270 e. The zero-order valence-corrected chi connectivity index (χ0v) is 6.02. The maximum Gasteiger partial charge on any atom is 0.0270 e. The van der Waals surface area contributed by atoms with Crippen LogP contribution in [0, 0.1) is 0 Å². The van der Waals surface area contributed by atoms with Gasteiger partial charge < -0.3 is 5.73 Å². The quantitative estimate of drug-likeness (QED) is 0.558. The first-order valence-corrected chi connectivity index (χ1v) is 2.92. The molecule has 0 unspecified atom stereocenters. The van der Waals surface area contributed by atoms with Gasteiger partial charge in [0.15, 0.2) is 0 Å². The van der Waals surface area contributed by atoms with E-state index < -0.39 is 0 Å². The first-order chi connectivity index (χ1) is 4.16. The fraction of sp³-hybridized carbons (Fsp3) is 0.250. The highest BCUT2D eigenvalue weighted by Gasteiger charge is 1.76. The summed E-state index contributed by atoms with van der Waals surface area (Å²) in [6, 6.07) is 0. The Morgan fingerprint density at radius 3 is 2.33 bits per heavy atom. The summed E-state index contributed by atoms with van der Waals surface area (Å²) in [6.07, 6.45) is 5.57. The molecule has 0 spiro atoms. The molecular formula is C8H13N. The minimum absolute atomic E-state index is 0.776. The van der Waals surface area contributed by atoms with Gasteiger partial charge in [-0.15, -0.1) is 0 Å². The zero-order valence-electron chi connectivity index (χ0n) is 6.02. The van der Waals surface area contributed by atoms with E-state index in [9.17, 15) is 0 Å². The van der Waals surface area contributed by atoms with Gasteiger partial charge in [0, 0.05) is 5.70 Å². The predicted octanol–water partition coefficient (Wildman–Crippen LogP) is 1.98. The molecule has 1 heteroatoms. The van der Waals surface area contributed by atoms with E-state index in [0.717, 1.165) is 11.3 Å². The molecule has 0 fully saturated rings. The maximum absolute atomic E-state index is 5.45. The Morgan fingerprint density at radius 2 is 2.00 bits per heavy atom. The van der Waals surface area contributed by atoms with Crippen LogP contribution < -0.4 is 5.73 Å². The van der Waals surface area contributed by atoms with Crippen molar-refractivity contribution in [2.45, 2.75) is 13.8 Å². The molecule has 0 aromatic heterocycles. The molecular weight excluding hydrogens is 110 g/mol. The van der Waals surface area contributed by atoms with Crippen LogP contribution in [0.25, 0.3) is 0 Å². The van der Waals surface area contributed by atoms with Gasteiger partial charge in [-0.25, -0.2) is 0 Å². The Balaban J connectivity index is 3.86. The number of rotatable bonds is 2. The predicted molar refractivity (Wildman–Crippen MR) is 41.9 cm³/mol. The molecule has 9 heavy (non-hydrogen) atoms. The number of hydrogen-bond acceptors (Lipinski definition) is 1. The summed E-state index contributed by atoms with van der Waals surface area (Å²) in [5.41, 5.74) is 7.24. The van der Waals surface area contributed by atoms with E-state index in [1.807, 2.05) is 32.1 Å². The summed E-state index contributed by atoms with van der Waals surface area (Å²) in [5, 5.41) is 0. The van der Waals surface area contributed by atoms with Crippen LogP contribution in [0.3, 0.4) is 0 Å². The van der Waals surface area contributed by atoms with Crippen LogP contribution in [0.15, 0.2) is 36.1 Å². The minimum Gasteiger partial charge on any atom is -0.399 e. The van der Waals surface area contributed by atoms with E-state index in [1.54, 1.807) is 0 Å². The topological polar surface area (TPSA) is 26.0 Å². The summed E-state index contributed by atoms with van der Waals surface area (Å²) >= 11 is 0. The van der Waals surface area contributed by atoms with Crippen molar-refractivity contribution in [3.05, 3.63) is 36.1 Å². The van der Waals surface area contributed by atoms with Gasteiger partial charge in [0.05, 0.1) is 0 Å². The Bertz CT molecular complexity index is 152. The van der Waals surface area contributed by atoms with E-state index in [1.165, 1.54) is 0 Å². The minimum atomic E-state index is 0.776. The van der Waals surface area contributed by atoms with E-state index in [-0.39, 0.29) is 0 Å². The molecule has 0 aromatic carbocycles. The second kappa shape index (κ2) is 3.96. The van der Waals surface area contributed by atoms with Crippen molar-refractivity contribution >= 4 is 0 Å². The third kappa shape index (κ3) is 4.88. The van der Waals surface area contributed by atoms with E-state index in [0.29, 0.717) is 0 Å². The summed E-state index contributed by atoms with van der Waals surface area (Å²) in [5.74, 6) is 0. The van der Waals surface area contributed by atoms with Gasteiger partial charge in [-0.05, 0) is 19.9 Å². The number of nitrogens with two attached hydrogens (primary N) is 1. The molecule has 2 N–H and O–H groups in total. The molecule has 0 saturated heterocycles. The van der Waals surface area contributed by atoms with Crippen LogP contribution >= 0.6 is 0 Å². The van der Waals surface area contributed by atoms with Crippen molar-refractivity contribution < 1.29 is 0 Å². The Hall–Kier alpha value is -0.980. The van der Waals surface area contributed by atoms with Crippen molar-refractivity contribution in [1.82, 2.24) is 0 Å². The van der Waals surface area contributed by atoms with Crippen LogP contribution in [0.5, 0.6) is 0 Å². The van der Waals surface area contributed by atoms with Gasteiger partial charge in [-0.2, -0.15) is 0 Å². The average molecular weight is 123 g/mol. The lowest BCUT2D eigenvalue weighted by Crippen LogP contribution is -1.90. The van der Waals surface area contributed by atoms with Crippen molar-refractivity contribution in [3.8, 4) is 0 Å². The van der Waals surface area contributed by atoms with Crippen LogP contribution in [0.4, 0.5) is 0 Å². The first kappa shape index (κ1) is 8.02. The maximum atomic E-state index is 5.45. The molecule has 0 amide bonds. The van der Waals surface area contributed by atoms with Gasteiger partial charge in [-0.3, -0.25) is 0 Å². The van der Waals surface area contributed by atoms with Gasteiger partial charge >= 0.3 is 0 Å². The molecule has 0 atom stereocenters. The van der Waals surface area contributed by atoms with Crippen LogP contribution in [-0.2, 0) is 0 Å². The Kier molecular flexibility index (Phi) is 3.52. The summed E-state index contributed by atoms with van der Waals surface area (Å²) in [6.45, 7) is 7.52. The fourth-order valence-corrected chi connectivity index (χ4v) is 0.335. The molecule has 1 nitrogen and oxygen atoms in total. The van der Waals surface area contributed by atoms with E-state index in [2.05, 4.69) is 6.58 Å². The van der Waals surface area contributed by atoms with Crippen LogP contribution in [0.2, 0.25) is 0 Å². The van der Waals surface area contributed by atoms with Gasteiger partial charge in [0.2, 0.25) is 0 Å². The Morgan fingerprint density at radius 1 is 1.44 bits per heavy atom. The second-order valence-electron chi connectivity index (χ2n) is 1.97. The summed E-state index contributed by atoms with van der Waals surface area (Å²) < 4.78 is 0. The molecule has 50 valence electrons. The van der Waals surface area contributed by atoms with Crippen molar-refractivity contribution in [2.24, 2.45) is 5.73 Å². The monoisotopic (exact) mass is 123 g/mol. The molecule has 0 radical (unpaired) electrons. The second-order valence-corrected chi connectivity index (χ2v) is 1.97. The first-order valence-electron chi connectivity index (χ1n) is 2.92. The normalized spacial score (nSPS) is 12.4. The zero-order chi connectivity index (χ0) is 7.28. The Labute approximate surface area is 56.6 Å². The highest BCUT2D eigenvalue weighted by Crippen LogP contribution is 1.92. The molecule has 0 heterocycles. The number of allylic oxidation sites excluding steroid dienone is 4. The van der Waals surface area contributed by atoms with Gasteiger partial charge in [-0.1, -0.05) is 24.3 Å². The van der Waals surface area contributed by atoms with Crippen LogP contribution in [0.1, 0.15) is 13.8 Å². The summed E-state index contributed by atoms with van der Waals surface area (Å²) in [7, 11) is 0. The molecule has 0 aliphatic carbocycles. The standard InChI is InChI=1S/C8H13N/c1-4-8(9)6-5-7(2)3/h4-6H,2,9H2,1,3H3/b6-5-,8-4-. The highest BCUT2D eigenvalue weighted by molar-refractivity contribution is 5.22. The molecule has 0 bridgehead atoms. The number of hydrogen-bond donors (Lipinski definition) is 1. The van der Waals surface area contributed by atoms with Crippen molar-refractivity contribution in [3.63, 3.8) is 0 Å². The lowest BCUT2D eigenvalue weighted by Gasteiger charge is -1.87. The average Bonchev–Trinajstić information content (AvgIpc) is 1.83. The lowest BCUT2D eigenvalue weighted by molar-refractivity contribution is 1.38. The lowest BCUT2D eigenvalue weighted by atomic mass is 10.3. The molecule has 0 aliphatic heterocycles. The highest BCUT2D eigenvalue weighted by atomic mass is 14.5. The molecule has 0 aromatic rings. The van der Waals surface area contributed by atoms with E-state index in [4.69, 9.17) is 5.73 Å². The van der Waals surface area contributed by atoms with E-state index >= 15 is 0 Å². The third-order valence-corrected chi connectivity index (χ3v) is 0.894. The third-order valence-electron chi connectivity index (χ3n) is 0.894. The van der Waals surface area contributed by atoms with Crippen LogP contribution in [-0.4, -0.2) is 0 Å². The molecule has 0 rings (SSSR count). The van der Waals surface area contributed by atoms with Crippen molar-refractivity contribution in [2.75, 3.05) is 0 Å². The van der Waals surface area contributed by atoms with Gasteiger partial charge in [0.1, 0.15) is 0 Å². The molecule has 0 aliphatic rings. The van der Waals surface area contributed by atoms with Crippen molar-refractivity contribution in [1.29, 1.82) is 0 Å². The SMILES string of the molecule is C=C(C)/C=C\C(N)=C\C. The summed E-state index contributed by atoms with van der Waals surface area (Å²) in [4.78, 5) is 0. The van der Waals surface area contributed by atoms with Gasteiger partial charge in [0.25, 0.3) is 0 Å².